The first-order valence-corrected chi connectivity index (χ1v) is 19.2. The normalized spacial score (nSPS) is 13.6. The van der Waals surface area contributed by atoms with Gasteiger partial charge in [-0.25, -0.2) is 4.98 Å². The first-order chi connectivity index (χ1) is 26.1. The van der Waals surface area contributed by atoms with Crippen LogP contribution in [0.5, 0.6) is 23.1 Å². The van der Waals surface area contributed by atoms with Crippen LogP contribution in [0.25, 0.3) is 5.57 Å². The Labute approximate surface area is 329 Å². The standard InChI is InChI=1S/C45H47Cl2N3O4/c1-31(2)36-13-15-39(16-14-36)52-24-19-34-9-11-35(12-10-34)29-49-20-22-50(23-21-49)44(51)26-32(3)38-25-33(4)45(42(47)27-38)54-43-18-17-40(28-48-43)53-30-37-7-5-6-8-41(37)46/h5-18,25-28,31H,19-24,29-30H2,1-4H3/b32-26-. The highest BCUT2D eigenvalue weighted by Crippen LogP contribution is 2.35. The number of allylic oxidation sites excluding steroid dienone is 1. The number of piperazine rings is 1. The van der Waals surface area contributed by atoms with E-state index in [4.69, 9.17) is 37.4 Å². The molecule has 0 atom stereocenters. The molecule has 1 amide bonds. The van der Waals surface area contributed by atoms with E-state index in [1.807, 2.05) is 55.1 Å². The molecule has 0 bridgehead atoms. The first-order valence-electron chi connectivity index (χ1n) is 18.4. The number of hydrogen-bond acceptors (Lipinski definition) is 6. The number of carbonyl (C=O) groups is 1. The largest absolute Gasteiger partial charge is 0.493 e. The maximum Gasteiger partial charge on any atom is 0.246 e. The van der Waals surface area contributed by atoms with Gasteiger partial charge in [-0.15, -0.1) is 0 Å². The molecule has 2 heterocycles. The van der Waals surface area contributed by atoms with Gasteiger partial charge < -0.3 is 19.1 Å². The molecule has 54 heavy (non-hydrogen) atoms. The molecule has 1 fully saturated rings. The number of benzene rings is 4. The van der Waals surface area contributed by atoms with E-state index in [1.54, 1.807) is 24.4 Å². The van der Waals surface area contributed by atoms with Crippen LogP contribution in [0.2, 0.25) is 10.0 Å². The molecule has 9 heteroatoms. The lowest BCUT2D eigenvalue weighted by Crippen LogP contribution is -2.47. The number of carbonyl (C=O) groups excluding carboxylic acids is 1. The van der Waals surface area contributed by atoms with E-state index in [-0.39, 0.29) is 5.91 Å². The van der Waals surface area contributed by atoms with Crippen LogP contribution in [-0.2, 0) is 24.4 Å². The highest BCUT2D eigenvalue weighted by Gasteiger charge is 2.21. The van der Waals surface area contributed by atoms with Gasteiger partial charge in [0.05, 0.1) is 17.8 Å². The molecule has 5 aromatic rings. The van der Waals surface area contributed by atoms with Crippen LogP contribution in [-0.4, -0.2) is 53.5 Å². The second kappa shape index (κ2) is 18.5. The average Bonchev–Trinajstić information content (AvgIpc) is 3.17. The quantitative estimate of drug-likeness (QED) is 0.105. The molecule has 1 aromatic heterocycles. The van der Waals surface area contributed by atoms with Crippen LogP contribution in [0.3, 0.4) is 0 Å². The summed E-state index contributed by atoms with van der Waals surface area (Å²) in [7, 11) is 0. The summed E-state index contributed by atoms with van der Waals surface area (Å²) in [4.78, 5) is 22.0. The van der Waals surface area contributed by atoms with Crippen molar-refractivity contribution in [3.63, 3.8) is 0 Å². The van der Waals surface area contributed by atoms with Gasteiger partial charge in [0.25, 0.3) is 0 Å². The molecular weight excluding hydrogens is 717 g/mol. The number of pyridine rings is 1. The van der Waals surface area contributed by atoms with Gasteiger partial charge in [0.15, 0.2) is 5.75 Å². The number of ether oxygens (including phenoxy) is 3. The van der Waals surface area contributed by atoms with Gasteiger partial charge in [0.2, 0.25) is 11.8 Å². The van der Waals surface area contributed by atoms with Crippen molar-refractivity contribution in [3.8, 4) is 23.1 Å². The molecule has 1 aliphatic rings. The summed E-state index contributed by atoms with van der Waals surface area (Å²) < 4.78 is 17.9. The fourth-order valence-corrected chi connectivity index (χ4v) is 6.77. The van der Waals surface area contributed by atoms with Crippen molar-refractivity contribution < 1.29 is 19.0 Å². The van der Waals surface area contributed by atoms with Crippen LogP contribution in [0.1, 0.15) is 60.1 Å². The zero-order valence-corrected chi connectivity index (χ0v) is 32.9. The van der Waals surface area contributed by atoms with Gasteiger partial charge in [-0.1, -0.05) is 91.6 Å². The summed E-state index contributed by atoms with van der Waals surface area (Å²) >= 11 is 12.9. The smallest absolute Gasteiger partial charge is 0.246 e. The van der Waals surface area contributed by atoms with Crippen molar-refractivity contribution in [2.45, 2.75) is 53.2 Å². The average molecular weight is 765 g/mol. The van der Waals surface area contributed by atoms with Crippen molar-refractivity contribution in [2.75, 3.05) is 32.8 Å². The molecule has 280 valence electrons. The predicted molar refractivity (Wildman–Crippen MR) is 218 cm³/mol. The molecule has 1 aliphatic heterocycles. The van der Waals surface area contributed by atoms with E-state index in [0.717, 1.165) is 54.1 Å². The van der Waals surface area contributed by atoms with Crippen LogP contribution in [0.15, 0.2) is 109 Å². The number of hydrogen-bond donors (Lipinski definition) is 0. The molecule has 1 saturated heterocycles. The minimum absolute atomic E-state index is 0.00438. The van der Waals surface area contributed by atoms with Crippen molar-refractivity contribution >= 4 is 34.7 Å². The second-order valence-corrected chi connectivity index (χ2v) is 14.8. The number of halogens is 2. The number of amides is 1. The lowest BCUT2D eigenvalue weighted by molar-refractivity contribution is -0.127. The van der Waals surface area contributed by atoms with Crippen molar-refractivity contribution in [2.24, 2.45) is 0 Å². The minimum Gasteiger partial charge on any atom is -0.493 e. The fourth-order valence-electron chi connectivity index (χ4n) is 6.27. The zero-order valence-electron chi connectivity index (χ0n) is 31.4. The molecule has 0 aliphatic carbocycles. The van der Waals surface area contributed by atoms with Crippen LogP contribution in [0, 0.1) is 6.92 Å². The molecule has 0 unspecified atom stereocenters. The van der Waals surface area contributed by atoms with Crippen molar-refractivity contribution in [3.05, 3.63) is 153 Å². The molecule has 0 saturated carbocycles. The Hall–Kier alpha value is -4.82. The zero-order chi connectivity index (χ0) is 38.0. The summed E-state index contributed by atoms with van der Waals surface area (Å²) in [5.41, 5.74) is 7.28. The summed E-state index contributed by atoms with van der Waals surface area (Å²) in [5, 5.41) is 1.09. The summed E-state index contributed by atoms with van der Waals surface area (Å²) in [6.07, 6.45) is 4.16. The Bertz CT molecular complexity index is 2020. The topological polar surface area (TPSA) is 64.1 Å². The molecule has 0 spiro atoms. The van der Waals surface area contributed by atoms with Crippen molar-refractivity contribution in [1.29, 1.82) is 0 Å². The van der Waals surface area contributed by atoms with Gasteiger partial charge in [-0.3, -0.25) is 9.69 Å². The van der Waals surface area contributed by atoms with Gasteiger partial charge in [-0.2, -0.15) is 0 Å². The minimum atomic E-state index is 0.00438. The van der Waals surface area contributed by atoms with Gasteiger partial charge >= 0.3 is 0 Å². The maximum absolute atomic E-state index is 13.3. The van der Waals surface area contributed by atoms with Gasteiger partial charge in [0.1, 0.15) is 18.1 Å². The number of aryl methyl sites for hydroxylation is 1. The molecule has 0 N–H and O–H groups in total. The molecule has 0 radical (unpaired) electrons. The monoisotopic (exact) mass is 763 g/mol. The SMILES string of the molecule is C/C(=C/C(=O)N1CCN(Cc2ccc(CCOc3ccc(C(C)C)cc3)cc2)CC1)c1cc(C)c(Oc2ccc(OCc3ccccc3Cl)cn2)c(Cl)c1. The lowest BCUT2D eigenvalue weighted by atomic mass is 10.0. The lowest BCUT2D eigenvalue weighted by Gasteiger charge is -2.34. The van der Waals surface area contributed by atoms with E-state index in [1.165, 1.54) is 16.7 Å². The van der Waals surface area contributed by atoms with E-state index < -0.39 is 0 Å². The highest BCUT2D eigenvalue weighted by atomic mass is 35.5. The molecular formula is C45H47Cl2N3O4. The van der Waals surface area contributed by atoms with E-state index in [2.05, 4.69) is 72.3 Å². The fraction of sp³-hybridized carbons (Fsp3) is 0.289. The highest BCUT2D eigenvalue weighted by molar-refractivity contribution is 6.32. The van der Waals surface area contributed by atoms with Crippen LogP contribution in [0.4, 0.5) is 0 Å². The second-order valence-electron chi connectivity index (χ2n) is 14.0. The Morgan fingerprint density at radius 3 is 2.20 bits per heavy atom. The first kappa shape index (κ1) is 38.9. The van der Waals surface area contributed by atoms with Crippen molar-refractivity contribution in [1.82, 2.24) is 14.8 Å². The summed E-state index contributed by atoms with van der Waals surface area (Å²) in [5.74, 6) is 2.93. The van der Waals surface area contributed by atoms with Crippen LogP contribution >= 0.6 is 23.2 Å². The Balaban J connectivity index is 0.947. The van der Waals surface area contributed by atoms with E-state index in [9.17, 15) is 4.79 Å². The van der Waals surface area contributed by atoms with Crippen LogP contribution < -0.4 is 14.2 Å². The Kier molecular flexibility index (Phi) is 13.3. The van der Waals surface area contributed by atoms with E-state index >= 15 is 0 Å². The maximum atomic E-state index is 13.3. The number of rotatable bonds is 14. The molecule has 4 aromatic carbocycles. The number of nitrogens with zero attached hydrogens (tertiary/aromatic N) is 3. The third-order valence-electron chi connectivity index (χ3n) is 9.61. The molecule has 7 nitrogen and oxygen atoms in total. The third-order valence-corrected chi connectivity index (χ3v) is 10.3. The number of aromatic nitrogens is 1. The Morgan fingerprint density at radius 1 is 0.833 bits per heavy atom. The Morgan fingerprint density at radius 2 is 1.54 bits per heavy atom. The van der Waals surface area contributed by atoms with Gasteiger partial charge in [-0.05, 0) is 89.6 Å². The predicted octanol–water partition coefficient (Wildman–Crippen LogP) is 10.6. The third kappa shape index (κ3) is 10.7. The van der Waals surface area contributed by atoms with E-state index in [0.29, 0.717) is 59.6 Å². The molecule has 6 rings (SSSR count). The summed E-state index contributed by atoms with van der Waals surface area (Å²) in [6.45, 7) is 13.1. The van der Waals surface area contributed by atoms with Gasteiger partial charge in [0, 0.05) is 61.9 Å². The summed E-state index contributed by atoms with van der Waals surface area (Å²) in [6, 6.07) is 32.0.